The van der Waals surface area contributed by atoms with Crippen LogP contribution in [0, 0.1) is 0 Å². The predicted octanol–water partition coefficient (Wildman–Crippen LogP) is 2.98. The number of nitrogens with zero attached hydrogens (tertiary/aromatic N) is 1. The van der Waals surface area contributed by atoms with E-state index in [1.54, 1.807) is 0 Å². The molecule has 0 amide bonds. The zero-order valence-corrected chi connectivity index (χ0v) is 6.80. The third kappa shape index (κ3) is 1.29. The Hall–Kier alpha value is -0.740. The predicted molar refractivity (Wildman–Crippen MR) is 27.6 cm³/mol. The quantitative estimate of drug-likeness (QED) is 0.480. The van der Waals surface area contributed by atoms with Crippen molar-refractivity contribution in [3.05, 3.63) is 0 Å². The van der Waals surface area contributed by atoms with Crippen molar-refractivity contribution in [2.45, 2.75) is 30.5 Å². The second kappa shape index (κ2) is 2.93. The summed E-state index contributed by atoms with van der Waals surface area (Å²) in [4.78, 5) is -2.79. The monoisotopic (exact) mass is 265 g/mol. The molecule has 0 aromatic heterocycles. The van der Waals surface area contributed by atoms with Crippen LogP contribution in [0.4, 0.5) is 43.9 Å². The van der Waals surface area contributed by atoms with E-state index in [0.29, 0.717) is 0 Å². The minimum Gasteiger partial charge on any atom is -0.223 e. The summed E-state index contributed by atoms with van der Waals surface area (Å²) in [5.74, 6) is -12.6. The first-order valence-electron chi connectivity index (χ1n) is 3.41. The minimum atomic E-state index is -6.45. The summed E-state index contributed by atoms with van der Waals surface area (Å²) in [7, 11) is 0. The molecule has 96 valence electrons. The van der Waals surface area contributed by atoms with Gasteiger partial charge in [0.2, 0.25) is 6.30 Å². The first-order chi connectivity index (χ1) is 6.78. The fraction of sp³-hybridized carbons (Fsp3) is 1.00. The molecule has 0 spiro atoms. The van der Waals surface area contributed by atoms with Gasteiger partial charge in [-0.3, -0.25) is 0 Å². The molecule has 0 N–H and O–H groups in total. The molecule has 1 heterocycles. The minimum absolute atomic E-state index is 2.79. The number of hydrogen-bond acceptors (Lipinski definition) is 1. The van der Waals surface area contributed by atoms with Gasteiger partial charge in [0.15, 0.2) is 0 Å². The summed E-state index contributed by atoms with van der Waals surface area (Å²) in [6.45, 7) is 0. The first-order valence-corrected chi connectivity index (χ1v) is 3.41. The van der Waals surface area contributed by atoms with Gasteiger partial charge in [-0.05, 0) is 0 Å². The van der Waals surface area contributed by atoms with Crippen molar-refractivity contribution in [1.29, 1.82) is 0 Å². The van der Waals surface area contributed by atoms with E-state index in [1.807, 2.05) is 0 Å². The Morgan fingerprint density at radius 3 is 1.38 bits per heavy atom. The van der Waals surface area contributed by atoms with Gasteiger partial charge in [-0.1, -0.05) is 0 Å². The van der Waals surface area contributed by atoms with Crippen molar-refractivity contribution in [2.75, 3.05) is 0 Å². The average Bonchev–Trinajstić information content (AvgIpc) is 2.06. The van der Waals surface area contributed by atoms with E-state index < -0.39 is 35.4 Å². The Morgan fingerprint density at radius 1 is 0.875 bits per heavy atom. The largest absolute Gasteiger partial charge is 0.467 e. The van der Waals surface area contributed by atoms with Crippen LogP contribution in [0.1, 0.15) is 0 Å². The molecule has 0 aliphatic carbocycles. The third-order valence-corrected chi connectivity index (χ3v) is 1.90. The number of rotatable bonds is 0. The standard InChI is InChI=1S/C5HF10N/c6-1-2(7,8)3(9,10)4(11,12)16(1)5(13,14)15/h1H. The molecular formula is C5HF10N. The zero-order valence-electron chi connectivity index (χ0n) is 6.80. The molecule has 1 fully saturated rings. The summed E-state index contributed by atoms with van der Waals surface area (Å²) in [6, 6.07) is -6.35. The lowest BCUT2D eigenvalue weighted by molar-refractivity contribution is -0.368. The van der Waals surface area contributed by atoms with Crippen LogP contribution in [0.2, 0.25) is 0 Å². The van der Waals surface area contributed by atoms with Gasteiger partial charge in [-0.2, -0.15) is 39.5 Å². The van der Waals surface area contributed by atoms with Crippen LogP contribution in [0.25, 0.3) is 0 Å². The molecule has 1 atom stereocenters. The zero-order chi connectivity index (χ0) is 13.2. The van der Waals surface area contributed by atoms with E-state index in [-0.39, 0.29) is 0 Å². The number of halogens is 10. The first kappa shape index (κ1) is 13.3. The highest BCUT2D eigenvalue weighted by Crippen LogP contribution is 2.59. The normalized spacial score (nSPS) is 33.0. The van der Waals surface area contributed by atoms with Crippen LogP contribution < -0.4 is 0 Å². The van der Waals surface area contributed by atoms with Crippen molar-refractivity contribution in [3.63, 3.8) is 0 Å². The second-order valence-corrected chi connectivity index (χ2v) is 2.91. The maximum absolute atomic E-state index is 12.4. The highest BCUT2D eigenvalue weighted by atomic mass is 19.4. The molecule has 1 rings (SSSR count). The van der Waals surface area contributed by atoms with Gasteiger partial charge in [0.25, 0.3) is 0 Å². The molecule has 0 radical (unpaired) electrons. The van der Waals surface area contributed by atoms with Gasteiger partial charge in [0.1, 0.15) is 0 Å². The van der Waals surface area contributed by atoms with E-state index in [4.69, 9.17) is 0 Å². The van der Waals surface area contributed by atoms with Gasteiger partial charge in [-0.25, -0.2) is 4.39 Å². The van der Waals surface area contributed by atoms with Crippen molar-refractivity contribution in [1.82, 2.24) is 4.90 Å². The van der Waals surface area contributed by atoms with E-state index in [1.165, 1.54) is 0 Å². The van der Waals surface area contributed by atoms with Crippen molar-refractivity contribution in [2.24, 2.45) is 0 Å². The van der Waals surface area contributed by atoms with Crippen LogP contribution in [-0.4, -0.2) is 35.4 Å². The van der Waals surface area contributed by atoms with Crippen LogP contribution in [0.5, 0.6) is 0 Å². The molecule has 1 aliphatic rings. The van der Waals surface area contributed by atoms with E-state index >= 15 is 0 Å². The average molecular weight is 265 g/mol. The molecule has 1 aliphatic heterocycles. The second-order valence-electron chi connectivity index (χ2n) is 2.91. The SMILES string of the molecule is FC1N(C(F)(F)F)C(F)(F)C(F)(F)C1(F)F. The van der Waals surface area contributed by atoms with Gasteiger partial charge in [-0.15, -0.1) is 4.90 Å². The van der Waals surface area contributed by atoms with Gasteiger partial charge >= 0.3 is 24.2 Å². The Labute approximate surface area is 80.6 Å². The third-order valence-electron chi connectivity index (χ3n) is 1.90. The van der Waals surface area contributed by atoms with E-state index in [0.717, 1.165) is 0 Å². The van der Waals surface area contributed by atoms with Gasteiger partial charge in [0, 0.05) is 0 Å². The van der Waals surface area contributed by atoms with Crippen molar-refractivity contribution in [3.8, 4) is 0 Å². The molecule has 0 aromatic carbocycles. The van der Waals surface area contributed by atoms with Crippen molar-refractivity contribution < 1.29 is 43.9 Å². The Balaban J connectivity index is 3.36. The summed E-state index contributed by atoms with van der Waals surface area (Å²) < 4.78 is 121. The molecular weight excluding hydrogens is 264 g/mol. The van der Waals surface area contributed by atoms with Crippen LogP contribution in [0.3, 0.4) is 0 Å². The number of likely N-dealkylation sites (tertiary alicyclic amines) is 1. The fourth-order valence-electron chi connectivity index (χ4n) is 1.09. The maximum atomic E-state index is 12.4. The number of alkyl halides is 10. The highest BCUT2D eigenvalue weighted by molar-refractivity contribution is 5.08. The Morgan fingerprint density at radius 2 is 1.25 bits per heavy atom. The molecule has 16 heavy (non-hydrogen) atoms. The molecule has 0 aromatic rings. The van der Waals surface area contributed by atoms with Gasteiger partial charge in [0.05, 0.1) is 0 Å². The summed E-state index contributed by atoms with van der Waals surface area (Å²) in [5.41, 5.74) is 0. The molecule has 1 saturated heterocycles. The van der Waals surface area contributed by atoms with Gasteiger partial charge < -0.3 is 0 Å². The van der Waals surface area contributed by atoms with Crippen LogP contribution in [0.15, 0.2) is 0 Å². The van der Waals surface area contributed by atoms with Crippen LogP contribution >= 0.6 is 0 Å². The topological polar surface area (TPSA) is 3.24 Å². The lowest BCUT2D eigenvalue weighted by Gasteiger charge is -2.27. The summed E-state index contributed by atoms with van der Waals surface area (Å²) >= 11 is 0. The lowest BCUT2D eigenvalue weighted by atomic mass is 10.2. The molecule has 11 heteroatoms. The highest BCUT2D eigenvalue weighted by Gasteiger charge is 2.89. The van der Waals surface area contributed by atoms with E-state index in [9.17, 15) is 43.9 Å². The van der Waals surface area contributed by atoms with Crippen molar-refractivity contribution >= 4 is 0 Å². The smallest absolute Gasteiger partial charge is 0.223 e. The van der Waals surface area contributed by atoms with Crippen LogP contribution in [-0.2, 0) is 0 Å². The Kier molecular flexibility index (Phi) is 2.44. The molecule has 0 saturated carbocycles. The lowest BCUT2D eigenvalue weighted by Crippen LogP contribution is -2.54. The fourth-order valence-corrected chi connectivity index (χ4v) is 1.09. The number of hydrogen-bond donors (Lipinski definition) is 0. The Bertz CT molecular complexity index is 292. The molecule has 1 nitrogen and oxygen atoms in total. The molecule has 0 bridgehead atoms. The summed E-state index contributed by atoms with van der Waals surface area (Å²) in [6.07, 6.45) is -11.2. The molecule has 1 unspecified atom stereocenters. The maximum Gasteiger partial charge on any atom is 0.467 e. The summed E-state index contributed by atoms with van der Waals surface area (Å²) in [5, 5.41) is 0. The van der Waals surface area contributed by atoms with E-state index in [2.05, 4.69) is 0 Å².